The number of methoxy groups -OCH3 is 1. The monoisotopic (exact) mass is 561 g/mol. The minimum absolute atomic E-state index is 0.172. The van der Waals surface area contributed by atoms with Crippen LogP contribution in [0.5, 0.6) is 0 Å². The van der Waals surface area contributed by atoms with Crippen LogP contribution >= 0.6 is 57.4 Å². The summed E-state index contributed by atoms with van der Waals surface area (Å²) in [6.07, 6.45) is -1.49. The minimum Gasteiger partial charge on any atom is -0.359 e. The second-order valence-corrected chi connectivity index (χ2v) is 9.42. The Morgan fingerprint density at radius 3 is 2.54 bits per heavy atom. The topological polar surface area (TPSA) is 51.1 Å². The van der Waals surface area contributed by atoms with E-state index in [1.165, 1.54) is 0 Å². The molecule has 2 saturated heterocycles. The van der Waals surface area contributed by atoms with E-state index in [0.29, 0.717) is 21.8 Å². The van der Waals surface area contributed by atoms with Gasteiger partial charge in [0.15, 0.2) is 12.0 Å². The van der Waals surface area contributed by atoms with Gasteiger partial charge in [-0.15, -0.1) is 0 Å². The summed E-state index contributed by atoms with van der Waals surface area (Å²) in [6.45, 7) is 4.24. The van der Waals surface area contributed by atoms with Gasteiger partial charge in [0.1, 0.15) is 30.3 Å². The van der Waals surface area contributed by atoms with Crippen molar-refractivity contribution in [3.05, 3.63) is 30.9 Å². The maximum absolute atomic E-state index is 6.70. The van der Waals surface area contributed by atoms with Crippen LogP contribution in [0.4, 0.5) is 0 Å². The van der Waals surface area contributed by atoms with Crippen LogP contribution in [0.1, 0.15) is 20.1 Å². The Kier molecular flexibility index (Phi) is 6.12. The van der Waals surface area contributed by atoms with Crippen molar-refractivity contribution in [2.45, 2.75) is 44.2 Å². The van der Waals surface area contributed by atoms with Crippen LogP contribution < -0.4 is 0 Å². The van der Waals surface area contributed by atoms with Crippen molar-refractivity contribution >= 4 is 68.3 Å². The fourth-order valence-corrected chi connectivity index (χ4v) is 5.03. The molecule has 4 rings (SSSR count). The van der Waals surface area contributed by atoms with Crippen LogP contribution in [0, 0.1) is 3.57 Å². The summed E-state index contributed by atoms with van der Waals surface area (Å²) in [5.41, 5.74) is 0.819. The van der Waals surface area contributed by atoms with Crippen molar-refractivity contribution in [2.24, 2.45) is 0 Å². The van der Waals surface area contributed by atoms with E-state index < -0.39 is 12.0 Å². The number of ether oxygens (including phenoxy) is 5. The molecule has 0 radical (unpaired) electrons. The SMILES string of the molecule is COCOC[C@H]1O[C@@H](n2c(Cl)c(I)c3cc(Cl)c(Cl)cc32)[C@@H]2OC(C)(C)O[C@@H]21. The van der Waals surface area contributed by atoms with Gasteiger partial charge < -0.3 is 28.3 Å². The first kappa shape index (κ1) is 21.4. The van der Waals surface area contributed by atoms with E-state index in [0.717, 1.165) is 14.5 Å². The van der Waals surface area contributed by atoms with E-state index in [4.69, 9.17) is 58.5 Å². The molecule has 154 valence electrons. The van der Waals surface area contributed by atoms with E-state index >= 15 is 0 Å². The average Bonchev–Trinajstić information content (AvgIpc) is 3.19. The van der Waals surface area contributed by atoms with Gasteiger partial charge in [-0.25, -0.2) is 0 Å². The number of nitrogens with zero attached hydrogens (tertiary/aromatic N) is 1. The lowest BCUT2D eigenvalue weighted by atomic mass is 10.1. The third kappa shape index (κ3) is 3.67. The Hall–Kier alpha value is 0.160. The molecule has 6 nitrogen and oxygen atoms in total. The van der Waals surface area contributed by atoms with Gasteiger partial charge in [0.25, 0.3) is 0 Å². The average molecular weight is 563 g/mol. The summed E-state index contributed by atoms with van der Waals surface area (Å²) in [6, 6.07) is 3.60. The van der Waals surface area contributed by atoms with E-state index in [1.54, 1.807) is 13.2 Å². The number of fused-ring (bicyclic) bond motifs is 2. The summed E-state index contributed by atoms with van der Waals surface area (Å²) < 4.78 is 31.8. The lowest BCUT2D eigenvalue weighted by molar-refractivity contribution is -0.204. The van der Waals surface area contributed by atoms with E-state index in [9.17, 15) is 0 Å². The van der Waals surface area contributed by atoms with Gasteiger partial charge in [0.2, 0.25) is 0 Å². The van der Waals surface area contributed by atoms with Gasteiger partial charge in [0.05, 0.1) is 25.7 Å². The first-order valence-corrected chi connectivity index (χ1v) is 10.9. The van der Waals surface area contributed by atoms with Gasteiger partial charge in [-0.3, -0.25) is 0 Å². The van der Waals surface area contributed by atoms with Crippen LogP contribution in [0.3, 0.4) is 0 Å². The van der Waals surface area contributed by atoms with Crippen LogP contribution in [-0.2, 0) is 23.7 Å². The summed E-state index contributed by atoms with van der Waals surface area (Å²) >= 11 is 21.4. The molecule has 0 aliphatic carbocycles. The molecule has 2 aliphatic heterocycles. The maximum atomic E-state index is 6.70. The Balaban J connectivity index is 1.76. The Morgan fingerprint density at radius 2 is 1.82 bits per heavy atom. The number of aromatic nitrogens is 1. The fourth-order valence-electron chi connectivity index (χ4n) is 3.73. The highest BCUT2D eigenvalue weighted by atomic mass is 127. The smallest absolute Gasteiger partial charge is 0.164 e. The molecule has 2 aromatic rings. The molecule has 0 saturated carbocycles. The van der Waals surface area contributed by atoms with Crippen molar-refractivity contribution in [3.63, 3.8) is 0 Å². The summed E-state index contributed by atoms with van der Waals surface area (Å²) in [5.74, 6) is -0.736. The molecule has 2 fully saturated rings. The van der Waals surface area contributed by atoms with Crippen LogP contribution in [0.25, 0.3) is 10.9 Å². The lowest BCUT2D eigenvalue weighted by Crippen LogP contribution is -2.33. The van der Waals surface area contributed by atoms with Gasteiger partial charge in [-0.2, -0.15) is 0 Å². The van der Waals surface area contributed by atoms with Crippen molar-refractivity contribution in [1.29, 1.82) is 0 Å². The van der Waals surface area contributed by atoms with Crippen LogP contribution in [-0.4, -0.2) is 49.2 Å². The summed E-state index contributed by atoms with van der Waals surface area (Å²) in [5, 5.41) is 2.35. The molecule has 0 bridgehead atoms. The van der Waals surface area contributed by atoms with E-state index in [1.807, 2.05) is 24.5 Å². The predicted octanol–water partition coefficient (Wildman–Crippen LogP) is 5.24. The van der Waals surface area contributed by atoms with Crippen molar-refractivity contribution in [3.8, 4) is 0 Å². The van der Waals surface area contributed by atoms with E-state index in [2.05, 4.69) is 22.6 Å². The number of halogens is 4. The number of hydrogen-bond acceptors (Lipinski definition) is 5. The van der Waals surface area contributed by atoms with E-state index in [-0.39, 0.29) is 25.1 Å². The third-order valence-electron chi connectivity index (χ3n) is 4.79. The van der Waals surface area contributed by atoms with Crippen LogP contribution in [0.15, 0.2) is 12.1 Å². The summed E-state index contributed by atoms with van der Waals surface area (Å²) in [7, 11) is 1.57. The first-order chi connectivity index (χ1) is 13.2. The molecule has 0 unspecified atom stereocenters. The standard InChI is InChI=1S/C18H19Cl3INO5/c1-18(2)27-14-12(6-25-7-24-3)26-17(15(14)28-18)23-11-5-10(20)9(19)4-8(11)13(22)16(23)21/h4-5,12,14-15,17H,6-7H2,1-3H3/t12-,14-,15-,17-/m1/s1. The largest absolute Gasteiger partial charge is 0.359 e. The second-order valence-electron chi connectivity index (χ2n) is 7.17. The molecule has 2 aliphatic rings. The molecule has 28 heavy (non-hydrogen) atoms. The summed E-state index contributed by atoms with van der Waals surface area (Å²) in [4.78, 5) is 0. The minimum atomic E-state index is -0.736. The van der Waals surface area contributed by atoms with Crippen LogP contribution in [0.2, 0.25) is 15.2 Å². The second kappa shape index (κ2) is 8.01. The molecule has 0 N–H and O–H groups in total. The highest BCUT2D eigenvalue weighted by molar-refractivity contribution is 14.1. The van der Waals surface area contributed by atoms with Crippen molar-refractivity contribution < 1.29 is 23.7 Å². The third-order valence-corrected chi connectivity index (χ3v) is 7.29. The maximum Gasteiger partial charge on any atom is 0.164 e. The van der Waals surface area contributed by atoms with Crippen molar-refractivity contribution in [2.75, 3.05) is 20.5 Å². The predicted molar refractivity (Wildman–Crippen MR) is 115 cm³/mol. The molecule has 1 aromatic carbocycles. The zero-order chi connectivity index (χ0) is 20.2. The first-order valence-electron chi connectivity index (χ1n) is 8.65. The van der Waals surface area contributed by atoms with Gasteiger partial charge in [0, 0.05) is 12.5 Å². The molecule has 3 heterocycles. The molecule has 1 aromatic heterocycles. The van der Waals surface area contributed by atoms with Gasteiger partial charge in [-0.05, 0) is 48.6 Å². The normalized spacial score (nSPS) is 29.0. The number of rotatable bonds is 5. The lowest BCUT2D eigenvalue weighted by Gasteiger charge is -2.25. The highest BCUT2D eigenvalue weighted by Gasteiger charge is 2.56. The van der Waals surface area contributed by atoms with Gasteiger partial charge >= 0.3 is 0 Å². The molecule has 10 heteroatoms. The Labute approximate surface area is 191 Å². The quantitative estimate of drug-likeness (QED) is 0.283. The molecule has 4 atom stereocenters. The van der Waals surface area contributed by atoms with Gasteiger partial charge in [-0.1, -0.05) is 34.8 Å². The zero-order valence-electron chi connectivity index (χ0n) is 15.4. The number of benzene rings is 1. The zero-order valence-corrected chi connectivity index (χ0v) is 19.8. The number of hydrogen-bond donors (Lipinski definition) is 0. The molecule has 0 amide bonds. The molecular weight excluding hydrogens is 543 g/mol. The Bertz CT molecular complexity index is 905. The van der Waals surface area contributed by atoms with Crippen molar-refractivity contribution in [1.82, 2.24) is 4.57 Å². The molecular formula is C18H19Cl3INO5. The molecule has 0 spiro atoms. The Morgan fingerprint density at radius 1 is 1.14 bits per heavy atom. The fraction of sp³-hybridized carbons (Fsp3) is 0.556. The highest BCUT2D eigenvalue weighted by Crippen LogP contribution is 2.47.